The third kappa shape index (κ3) is 3.19. The molecule has 2 amide bonds. The molecule has 2 N–H and O–H groups in total. The van der Waals surface area contributed by atoms with Crippen LogP contribution >= 0.6 is 0 Å². The molecule has 1 aromatic rings. The molecule has 3 fully saturated rings. The Morgan fingerprint density at radius 3 is 2.75 bits per heavy atom. The summed E-state index contributed by atoms with van der Waals surface area (Å²) in [5.41, 5.74) is 2.29. The Kier molecular flexibility index (Phi) is 4.38. The average Bonchev–Trinajstić information content (AvgIpc) is 3.36. The van der Waals surface area contributed by atoms with Crippen molar-refractivity contribution in [2.24, 2.45) is 11.8 Å². The molecule has 28 heavy (non-hydrogen) atoms. The van der Waals surface area contributed by atoms with E-state index in [1.54, 1.807) is 0 Å². The third-order valence-corrected chi connectivity index (χ3v) is 7.23. The summed E-state index contributed by atoms with van der Waals surface area (Å²) < 4.78 is 0. The molecule has 2 unspecified atom stereocenters. The fourth-order valence-corrected chi connectivity index (χ4v) is 5.56. The Labute approximate surface area is 167 Å². The van der Waals surface area contributed by atoms with Gasteiger partial charge >= 0.3 is 6.03 Å². The van der Waals surface area contributed by atoms with Crippen LogP contribution in [0.2, 0.25) is 0 Å². The van der Waals surface area contributed by atoms with E-state index in [2.05, 4.69) is 41.3 Å². The van der Waals surface area contributed by atoms with Gasteiger partial charge in [-0.2, -0.15) is 0 Å². The summed E-state index contributed by atoms with van der Waals surface area (Å²) in [6, 6.07) is 0.963. The Bertz CT molecular complexity index is 767. The molecule has 4 aliphatic rings. The molecule has 2 saturated heterocycles. The van der Waals surface area contributed by atoms with Gasteiger partial charge in [0.1, 0.15) is 5.82 Å². The van der Waals surface area contributed by atoms with Crippen LogP contribution in [-0.4, -0.2) is 46.1 Å². The molecule has 0 radical (unpaired) electrons. The van der Waals surface area contributed by atoms with Crippen LogP contribution in [0.1, 0.15) is 76.0 Å². The van der Waals surface area contributed by atoms with Gasteiger partial charge in [0.25, 0.3) is 0 Å². The first kappa shape index (κ1) is 18.3. The molecule has 3 aliphatic heterocycles. The molecule has 6 heteroatoms. The second kappa shape index (κ2) is 6.68. The number of piperidine rings is 1. The first-order valence-electron chi connectivity index (χ1n) is 11.1. The number of hydrogen-bond acceptors (Lipinski definition) is 4. The largest absolute Gasteiger partial charge is 0.335 e. The SMILES string of the molecule is CC(C)(C)c1ncc2c(n1)CC1CCC2N1C(=O)N[C@@H]1C[C@H]1C1CCNCC1. The summed E-state index contributed by atoms with van der Waals surface area (Å²) in [6.07, 6.45) is 8.64. The number of amides is 2. The lowest BCUT2D eigenvalue weighted by Gasteiger charge is -2.36. The van der Waals surface area contributed by atoms with E-state index < -0.39 is 0 Å². The van der Waals surface area contributed by atoms with Crippen LogP contribution in [0.15, 0.2) is 6.20 Å². The monoisotopic (exact) mass is 383 g/mol. The smallest absolute Gasteiger partial charge is 0.318 e. The molecule has 5 rings (SSSR count). The Morgan fingerprint density at radius 1 is 1.21 bits per heavy atom. The number of rotatable bonds is 2. The molecule has 6 nitrogen and oxygen atoms in total. The summed E-state index contributed by atoms with van der Waals surface area (Å²) in [7, 11) is 0. The minimum Gasteiger partial charge on any atom is -0.335 e. The van der Waals surface area contributed by atoms with E-state index >= 15 is 0 Å². The van der Waals surface area contributed by atoms with Crippen LogP contribution in [0.25, 0.3) is 0 Å². The highest BCUT2D eigenvalue weighted by Gasteiger charge is 2.48. The van der Waals surface area contributed by atoms with Gasteiger partial charge in [-0.05, 0) is 57.0 Å². The van der Waals surface area contributed by atoms with Gasteiger partial charge < -0.3 is 15.5 Å². The third-order valence-electron chi connectivity index (χ3n) is 7.23. The average molecular weight is 384 g/mol. The lowest BCUT2D eigenvalue weighted by Crippen LogP contribution is -2.48. The molecule has 4 atom stereocenters. The van der Waals surface area contributed by atoms with Crippen molar-refractivity contribution in [1.82, 2.24) is 25.5 Å². The summed E-state index contributed by atoms with van der Waals surface area (Å²) in [4.78, 5) is 24.8. The van der Waals surface area contributed by atoms with E-state index in [9.17, 15) is 4.79 Å². The predicted octanol–water partition coefficient (Wildman–Crippen LogP) is 2.93. The quantitative estimate of drug-likeness (QED) is 0.824. The lowest BCUT2D eigenvalue weighted by molar-refractivity contribution is 0.163. The van der Waals surface area contributed by atoms with Crippen LogP contribution in [0.3, 0.4) is 0 Å². The van der Waals surface area contributed by atoms with E-state index in [4.69, 9.17) is 4.98 Å². The molecule has 0 aromatic carbocycles. The Morgan fingerprint density at radius 2 is 2.00 bits per heavy atom. The number of carbonyl (C=O) groups excluding carboxylic acids is 1. The molecular weight excluding hydrogens is 350 g/mol. The molecule has 152 valence electrons. The number of urea groups is 1. The fraction of sp³-hybridized carbons (Fsp3) is 0.773. The van der Waals surface area contributed by atoms with Crippen LogP contribution in [-0.2, 0) is 11.8 Å². The number of fused-ring (bicyclic) bond motifs is 4. The van der Waals surface area contributed by atoms with Crippen LogP contribution in [0.4, 0.5) is 4.79 Å². The molecule has 0 spiro atoms. The van der Waals surface area contributed by atoms with E-state index in [1.807, 2.05) is 6.20 Å². The predicted molar refractivity (Wildman–Crippen MR) is 108 cm³/mol. The summed E-state index contributed by atoms with van der Waals surface area (Å²) >= 11 is 0. The van der Waals surface area contributed by atoms with Crippen molar-refractivity contribution in [2.45, 2.75) is 82.8 Å². The molecule has 1 aliphatic carbocycles. The van der Waals surface area contributed by atoms with E-state index in [-0.39, 0.29) is 23.5 Å². The zero-order valence-electron chi connectivity index (χ0n) is 17.4. The molecule has 2 bridgehead atoms. The zero-order valence-corrected chi connectivity index (χ0v) is 17.4. The van der Waals surface area contributed by atoms with Gasteiger partial charge in [-0.3, -0.25) is 0 Å². The summed E-state index contributed by atoms with van der Waals surface area (Å²) in [5.74, 6) is 2.39. The van der Waals surface area contributed by atoms with Crippen molar-refractivity contribution < 1.29 is 4.79 Å². The molecule has 1 saturated carbocycles. The van der Waals surface area contributed by atoms with Crippen molar-refractivity contribution in [3.63, 3.8) is 0 Å². The van der Waals surface area contributed by atoms with Crippen molar-refractivity contribution in [3.8, 4) is 0 Å². The normalized spacial score (nSPS) is 32.2. The van der Waals surface area contributed by atoms with Crippen LogP contribution in [0, 0.1) is 11.8 Å². The van der Waals surface area contributed by atoms with Gasteiger partial charge in [-0.15, -0.1) is 0 Å². The van der Waals surface area contributed by atoms with Gasteiger partial charge in [0, 0.05) is 35.7 Å². The molecule has 1 aromatic heterocycles. The minimum absolute atomic E-state index is 0.0434. The second-order valence-electron chi connectivity index (χ2n) is 10.2. The Balaban J connectivity index is 1.28. The second-order valence-corrected chi connectivity index (χ2v) is 10.2. The Hall–Kier alpha value is -1.69. The maximum atomic E-state index is 13.1. The summed E-state index contributed by atoms with van der Waals surface area (Å²) in [5, 5.41) is 6.80. The van der Waals surface area contributed by atoms with Crippen molar-refractivity contribution in [2.75, 3.05) is 13.1 Å². The maximum Gasteiger partial charge on any atom is 0.318 e. The van der Waals surface area contributed by atoms with E-state index in [0.29, 0.717) is 12.0 Å². The highest BCUT2D eigenvalue weighted by molar-refractivity contribution is 5.77. The fourth-order valence-electron chi connectivity index (χ4n) is 5.56. The highest BCUT2D eigenvalue weighted by atomic mass is 16.2. The van der Waals surface area contributed by atoms with E-state index in [1.165, 1.54) is 18.4 Å². The first-order chi connectivity index (χ1) is 13.4. The van der Waals surface area contributed by atoms with Gasteiger partial charge in [0.05, 0.1) is 11.7 Å². The topological polar surface area (TPSA) is 70.2 Å². The minimum atomic E-state index is -0.0434. The number of carbonyl (C=O) groups is 1. The summed E-state index contributed by atoms with van der Waals surface area (Å²) in [6.45, 7) is 8.72. The number of nitrogens with one attached hydrogen (secondary N) is 2. The van der Waals surface area contributed by atoms with Crippen molar-refractivity contribution in [3.05, 3.63) is 23.3 Å². The highest BCUT2D eigenvalue weighted by Crippen LogP contribution is 2.45. The van der Waals surface area contributed by atoms with Gasteiger partial charge in [-0.25, -0.2) is 14.8 Å². The van der Waals surface area contributed by atoms with Crippen molar-refractivity contribution >= 4 is 6.03 Å². The molecular formula is C22H33N5O. The van der Waals surface area contributed by atoms with Crippen molar-refractivity contribution in [1.29, 1.82) is 0 Å². The number of hydrogen-bond donors (Lipinski definition) is 2. The van der Waals surface area contributed by atoms with E-state index in [0.717, 1.165) is 56.2 Å². The lowest BCUT2D eigenvalue weighted by atomic mass is 9.93. The maximum absolute atomic E-state index is 13.1. The first-order valence-corrected chi connectivity index (χ1v) is 11.1. The zero-order chi connectivity index (χ0) is 19.5. The van der Waals surface area contributed by atoms with Crippen LogP contribution < -0.4 is 10.6 Å². The number of aromatic nitrogens is 2. The molecule has 4 heterocycles. The number of nitrogens with zero attached hydrogens (tertiary/aromatic N) is 3. The van der Waals surface area contributed by atoms with Crippen LogP contribution in [0.5, 0.6) is 0 Å². The van der Waals surface area contributed by atoms with Gasteiger partial charge in [-0.1, -0.05) is 20.8 Å². The standard InChI is InChI=1S/C22H33N5O/c1-22(2,3)20-24-12-16-17(25-20)10-14-4-5-19(16)27(14)21(28)26-18-11-15(18)13-6-8-23-9-7-13/h12-15,18-19,23H,4-11H2,1-3H3,(H,26,28)/t14?,15-,18+,19?/m0/s1. The van der Waals surface area contributed by atoms with Gasteiger partial charge in [0.2, 0.25) is 0 Å². The van der Waals surface area contributed by atoms with Gasteiger partial charge in [0.15, 0.2) is 0 Å².